The lowest BCUT2D eigenvalue weighted by Gasteiger charge is -2.25. The summed E-state index contributed by atoms with van der Waals surface area (Å²) in [6.45, 7) is 13.1. The highest BCUT2D eigenvalue weighted by Crippen LogP contribution is 2.38. The zero-order valence-corrected chi connectivity index (χ0v) is 16.6. The predicted molar refractivity (Wildman–Crippen MR) is 110 cm³/mol. The molecule has 0 atom stereocenters. The van der Waals surface area contributed by atoms with Crippen LogP contribution in [0.25, 0.3) is 0 Å². The molecule has 3 aromatic rings. The molecule has 0 aromatic heterocycles. The van der Waals surface area contributed by atoms with E-state index >= 15 is 0 Å². The highest BCUT2D eigenvalue weighted by molar-refractivity contribution is 5.53. The van der Waals surface area contributed by atoms with Gasteiger partial charge >= 0.3 is 0 Å². The Morgan fingerprint density at radius 3 is 1.35 bits per heavy atom. The second-order valence-corrected chi connectivity index (χ2v) is 7.61. The van der Waals surface area contributed by atoms with E-state index in [0.717, 1.165) is 0 Å². The Kier molecular flexibility index (Phi) is 4.91. The van der Waals surface area contributed by atoms with E-state index in [1.54, 1.807) is 12.1 Å². The third-order valence-electron chi connectivity index (χ3n) is 5.61. The zero-order chi connectivity index (χ0) is 19.0. The van der Waals surface area contributed by atoms with Crippen LogP contribution in [0, 0.1) is 41.5 Å². The second-order valence-electron chi connectivity index (χ2n) is 7.61. The number of hydrogen-bond acceptors (Lipinski definition) is 1. The molecule has 0 heterocycles. The Bertz CT molecular complexity index is 891. The van der Waals surface area contributed by atoms with Gasteiger partial charge in [-0.2, -0.15) is 0 Å². The van der Waals surface area contributed by atoms with Gasteiger partial charge in [-0.05, 0) is 104 Å². The minimum Gasteiger partial charge on any atom is -0.508 e. The minimum atomic E-state index is 0.161. The van der Waals surface area contributed by atoms with Crippen molar-refractivity contribution >= 4 is 0 Å². The average molecular weight is 344 g/mol. The Labute approximate surface area is 157 Å². The standard InChI is InChI=1S/C25H28O/c1-15-11-19(5)23(13-17(15)3)25(21-7-9-22(26)10-8-21)24-14-18(4)16(2)12-20(24)6/h7-14,25-26H,1-6H3. The topological polar surface area (TPSA) is 20.2 Å². The van der Waals surface area contributed by atoms with E-state index in [1.807, 2.05) is 12.1 Å². The van der Waals surface area contributed by atoms with Crippen molar-refractivity contribution in [3.63, 3.8) is 0 Å². The zero-order valence-electron chi connectivity index (χ0n) is 16.6. The summed E-state index contributed by atoms with van der Waals surface area (Å²) >= 11 is 0. The number of phenols is 1. The van der Waals surface area contributed by atoms with Gasteiger partial charge in [-0.1, -0.05) is 36.4 Å². The van der Waals surface area contributed by atoms with Crippen molar-refractivity contribution in [2.24, 2.45) is 0 Å². The van der Waals surface area contributed by atoms with Crippen molar-refractivity contribution in [2.75, 3.05) is 0 Å². The molecule has 0 aliphatic heterocycles. The van der Waals surface area contributed by atoms with Gasteiger partial charge in [0.15, 0.2) is 0 Å². The van der Waals surface area contributed by atoms with Crippen molar-refractivity contribution in [3.8, 4) is 5.75 Å². The van der Waals surface area contributed by atoms with E-state index in [2.05, 4.69) is 65.8 Å². The minimum absolute atomic E-state index is 0.161. The summed E-state index contributed by atoms with van der Waals surface area (Å²) in [5, 5.41) is 9.75. The summed E-state index contributed by atoms with van der Waals surface area (Å²) in [6, 6.07) is 16.9. The molecule has 0 saturated carbocycles. The summed E-state index contributed by atoms with van der Waals surface area (Å²) in [4.78, 5) is 0. The maximum atomic E-state index is 9.75. The fraction of sp³-hybridized carbons (Fsp3) is 0.280. The number of phenolic OH excluding ortho intramolecular Hbond substituents is 1. The highest BCUT2D eigenvalue weighted by Gasteiger charge is 2.22. The molecule has 0 fully saturated rings. The van der Waals surface area contributed by atoms with E-state index in [-0.39, 0.29) is 5.92 Å². The first-order valence-electron chi connectivity index (χ1n) is 9.22. The largest absolute Gasteiger partial charge is 0.508 e. The Morgan fingerprint density at radius 1 is 0.538 bits per heavy atom. The van der Waals surface area contributed by atoms with Gasteiger partial charge in [0, 0.05) is 5.92 Å². The first kappa shape index (κ1) is 18.3. The molecule has 3 rings (SSSR count). The van der Waals surface area contributed by atoms with Crippen LogP contribution in [-0.4, -0.2) is 5.11 Å². The van der Waals surface area contributed by atoms with Crippen molar-refractivity contribution in [1.82, 2.24) is 0 Å². The first-order chi connectivity index (χ1) is 12.3. The van der Waals surface area contributed by atoms with Gasteiger partial charge in [0.2, 0.25) is 0 Å². The fourth-order valence-electron chi connectivity index (χ4n) is 3.78. The molecule has 3 aromatic carbocycles. The molecular weight excluding hydrogens is 316 g/mol. The lowest BCUT2D eigenvalue weighted by atomic mass is 9.79. The fourth-order valence-corrected chi connectivity index (χ4v) is 3.78. The van der Waals surface area contributed by atoms with E-state index in [4.69, 9.17) is 0 Å². The monoisotopic (exact) mass is 344 g/mol. The van der Waals surface area contributed by atoms with Crippen LogP contribution in [0.15, 0.2) is 48.5 Å². The molecule has 0 saturated heterocycles. The van der Waals surface area contributed by atoms with E-state index in [1.165, 1.54) is 50.1 Å². The van der Waals surface area contributed by atoms with Crippen molar-refractivity contribution in [1.29, 1.82) is 0 Å². The Balaban J connectivity index is 2.29. The van der Waals surface area contributed by atoms with Gasteiger partial charge in [-0.25, -0.2) is 0 Å². The van der Waals surface area contributed by atoms with Gasteiger partial charge in [0.1, 0.15) is 5.75 Å². The van der Waals surface area contributed by atoms with E-state index in [0.29, 0.717) is 5.75 Å². The van der Waals surface area contributed by atoms with E-state index < -0.39 is 0 Å². The molecule has 0 unspecified atom stereocenters. The molecule has 0 aliphatic rings. The van der Waals surface area contributed by atoms with Gasteiger partial charge in [0.05, 0.1) is 0 Å². The van der Waals surface area contributed by atoms with Crippen LogP contribution >= 0.6 is 0 Å². The summed E-state index contributed by atoms with van der Waals surface area (Å²) in [6.07, 6.45) is 0. The van der Waals surface area contributed by atoms with E-state index in [9.17, 15) is 5.11 Å². The summed E-state index contributed by atoms with van der Waals surface area (Å²) in [7, 11) is 0. The predicted octanol–water partition coefficient (Wildman–Crippen LogP) is 6.42. The Morgan fingerprint density at radius 2 is 0.923 bits per heavy atom. The molecule has 0 spiro atoms. The lowest BCUT2D eigenvalue weighted by molar-refractivity contribution is 0.475. The van der Waals surface area contributed by atoms with Crippen LogP contribution in [0.2, 0.25) is 0 Å². The van der Waals surface area contributed by atoms with Crippen LogP contribution in [0.1, 0.15) is 56.0 Å². The number of rotatable bonds is 3. The maximum absolute atomic E-state index is 9.75. The van der Waals surface area contributed by atoms with Crippen molar-refractivity contribution < 1.29 is 5.11 Å². The lowest BCUT2D eigenvalue weighted by Crippen LogP contribution is -2.09. The first-order valence-corrected chi connectivity index (χ1v) is 9.22. The van der Waals surface area contributed by atoms with Gasteiger partial charge in [0.25, 0.3) is 0 Å². The van der Waals surface area contributed by atoms with Crippen LogP contribution in [0.5, 0.6) is 5.75 Å². The molecule has 26 heavy (non-hydrogen) atoms. The summed E-state index contributed by atoms with van der Waals surface area (Å²) in [5.41, 5.74) is 11.8. The number of aromatic hydroxyl groups is 1. The van der Waals surface area contributed by atoms with Crippen LogP contribution in [0.3, 0.4) is 0 Å². The molecule has 0 amide bonds. The molecule has 1 nitrogen and oxygen atoms in total. The summed E-state index contributed by atoms with van der Waals surface area (Å²) in [5.74, 6) is 0.468. The average Bonchev–Trinajstić information content (AvgIpc) is 2.58. The number of hydrogen-bond donors (Lipinski definition) is 1. The second kappa shape index (κ2) is 6.99. The van der Waals surface area contributed by atoms with Crippen LogP contribution in [-0.2, 0) is 0 Å². The van der Waals surface area contributed by atoms with Crippen molar-refractivity contribution in [3.05, 3.63) is 98.6 Å². The quantitative estimate of drug-likeness (QED) is 0.543. The van der Waals surface area contributed by atoms with Gasteiger partial charge in [-0.3, -0.25) is 0 Å². The van der Waals surface area contributed by atoms with Crippen LogP contribution in [0.4, 0.5) is 0 Å². The molecule has 0 bridgehead atoms. The SMILES string of the molecule is Cc1cc(C)c(C(c2ccc(O)cc2)c2cc(C)c(C)cc2C)cc1C. The molecule has 0 radical (unpaired) electrons. The molecule has 1 heteroatoms. The molecule has 0 aliphatic carbocycles. The Hall–Kier alpha value is -2.54. The molecule has 1 N–H and O–H groups in total. The normalized spacial score (nSPS) is 11.2. The molecular formula is C25H28O. The van der Waals surface area contributed by atoms with Gasteiger partial charge < -0.3 is 5.11 Å². The van der Waals surface area contributed by atoms with Gasteiger partial charge in [-0.15, -0.1) is 0 Å². The highest BCUT2D eigenvalue weighted by atomic mass is 16.3. The third kappa shape index (κ3) is 3.39. The van der Waals surface area contributed by atoms with Crippen molar-refractivity contribution in [2.45, 2.75) is 47.5 Å². The van der Waals surface area contributed by atoms with Crippen LogP contribution < -0.4 is 0 Å². The number of aryl methyl sites for hydroxylation is 6. The maximum Gasteiger partial charge on any atom is 0.115 e. The smallest absolute Gasteiger partial charge is 0.115 e. The number of benzene rings is 3. The third-order valence-corrected chi connectivity index (χ3v) is 5.61. The summed E-state index contributed by atoms with van der Waals surface area (Å²) < 4.78 is 0. The molecule has 134 valence electrons.